The molecule has 1 fully saturated rings. The van der Waals surface area contributed by atoms with Gasteiger partial charge in [0.2, 0.25) is 0 Å². The van der Waals surface area contributed by atoms with Crippen LogP contribution >= 0.6 is 11.8 Å². The summed E-state index contributed by atoms with van der Waals surface area (Å²) < 4.78 is 0. The highest BCUT2D eigenvalue weighted by Crippen LogP contribution is 2.30. The minimum atomic E-state index is -0.121. The first-order valence-corrected chi connectivity index (χ1v) is 12.8. The zero-order valence-electron chi connectivity index (χ0n) is 19.4. The topological polar surface area (TPSA) is 49.4 Å². The van der Waals surface area contributed by atoms with Gasteiger partial charge in [-0.05, 0) is 74.5 Å². The van der Waals surface area contributed by atoms with Gasteiger partial charge in [-0.3, -0.25) is 9.69 Å². The smallest absolute Gasteiger partial charge is 0.150 e. The van der Waals surface area contributed by atoms with Crippen LogP contribution in [0.15, 0.2) is 47.4 Å². The standard InChI is InChI=1S/C27H36N2O2S/c1-3-5-25(19-31)29(2)17-26-24(18-30)6-4-7-27(26)32-20-23-12-8-21(9-13-23)14-15-28-16-22-10-11-22/h4,6-9,12-13,18-19,22,25,28H,3,5,10-11,14-17,20H2,1-2H3. The van der Waals surface area contributed by atoms with Crippen LogP contribution in [0.3, 0.4) is 0 Å². The molecule has 4 nitrogen and oxygen atoms in total. The summed E-state index contributed by atoms with van der Waals surface area (Å²) in [5.74, 6) is 1.78. The lowest BCUT2D eigenvalue weighted by molar-refractivity contribution is -0.112. The van der Waals surface area contributed by atoms with E-state index in [2.05, 4.69) is 47.5 Å². The quantitative estimate of drug-likeness (QED) is 0.231. The normalized spacial score (nSPS) is 14.5. The van der Waals surface area contributed by atoms with E-state index >= 15 is 0 Å². The Labute approximate surface area is 197 Å². The van der Waals surface area contributed by atoms with E-state index in [0.29, 0.717) is 12.1 Å². The molecule has 5 heteroatoms. The van der Waals surface area contributed by atoms with Crippen LogP contribution in [0.2, 0.25) is 0 Å². The van der Waals surface area contributed by atoms with Crippen molar-refractivity contribution in [1.82, 2.24) is 10.2 Å². The van der Waals surface area contributed by atoms with Crippen LogP contribution < -0.4 is 5.32 Å². The van der Waals surface area contributed by atoms with E-state index in [9.17, 15) is 9.59 Å². The molecule has 1 unspecified atom stereocenters. The van der Waals surface area contributed by atoms with Crippen LogP contribution in [0.5, 0.6) is 0 Å². The molecule has 1 atom stereocenters. The lowest BCUT2D eigenvalue weighted by Gasteiger charge is -2.25. The van der Waals surface area contributed by atoms with Crippen LogP contribution in [-0.4, -0.2) is 43.7 Å². The molecule has 2 aromatic rings. The second kappa shape index (κ2) is 12.9. The maximum atomic E-state index is 11.7. The van der Waals surface area contributed by atoms with Crippen molar-refractivity contribution in [3.63, 3.8) is 0 Å². The summed E-state index contributed by atoms with van der Waals surface area (Å²) in [6.45, 7) is 4.88. The zero-order valence-corrected chi connectivity index (χ0v) is 20.2. The average Bonchev–Trinajstić information content (AvgIpc) is 3.64. The Balaban J connectivity index is 1.58. The molecule has 0 heterocycles. The predicted octanol–water partition coefficient (Wildman–Crippen LogP) is 5.13. The maximum Gasteiger partial charge on any atom is 0.150 e. The fraction of sp³-hybridized carbons (Fsp3) is 0.481. The number of hydrogen-bond donors (Lipinski definition) is 1. The second-order valence-electron chi connectivity index (χ2n) is 8.85. The van der Waals surface area contributed by atoms with Gasteiger partial charge in [0.15, 0.2) is 0 Å². The predicted molar refractivity (Wildman–Crippen MR) is 133 cm³/mol. The first kappa shape index (κ1) is 24.7. The Morgan fingerprint density at radius 2 is 1.88 bits per heavy atom. The molecule has 0 amide bonds. The molecule has 1 saturated carbocycles. The Morgan fingerprint density at radius 3 is 2.53 bits per heavy atom. The number of thioether (sulfide) groups is 1. The molecule has 172 valence electrons. The SMILES string of the molecule is CCCC(C=O)N(C)Cc1c(C=O)cccc1SCc1ccc(CCNCC2CC2)cc1. The van der Waals surface area contributed by atoms with Crippen LogP contribution in [0.4, 0.5) is 0 Å². The van der Waals surface area contributed by atoms with Crippen molar-refractivity contribution < 1.29 is 9.59 Å². The number of carbonyl (C=O) groups excluding carboxylic acids is 2. The zero-order chi connectivity index (χ0) is 22.8. The van der Waals surface area contributed by atoms with E-state index in [0.717, 1.165) is 67.1 Å². The molecular formula is C27H36N2O2S. The third kappa shape index (κ3) is 7.58. The summed E-state index contributed by atoms with van der Waals surface area (Å²) in [4.78, 5) is 26.3. The molecule has 0 aliphatic heterocycles. The molecule has 1 aliphatic rings. The number of nitrogens with one attached hydrogen (secondary N) is 1. The van der Waals surface area contributed by atoms with E-state index in [-0.39, 0.29) is 6.04 Å². The third-order valence-electron chi connectivity index (χ3n) is 6.15. The van der Waals surface area contributed by atoms with Crippen molar-refractivity contribution in [1.29, 1.82) is 0 Å². The largest absolute Gasteiger partial charge is 0.316 e. The van der Waals surface area contributed by atoms with Gasteiger partial charge in [-0.1, -0.05) is 49.7 Å². The molecule has 2 aromatic carbocycles. The maximum absolute atomic E-state index is 11.7. The van der Waals surface area contributed by atoms with Gasteiger partial charge >= 0.3 is 0 Å². The van der Waals surface area contributed by atoms with E-state index in [1.165, 1.54) is 24.0 Å². The third-order valence-corrected chi connectivity index (χ3v) is 7.32. The molecular weight excluding hydrogens is 416 g/mol. The summed E-state index contributed by atoms with van der Waals surface area (Å²) in [6.07, 6.45) is 7.57. The highest BCUT2D eigenvalue weighted by molar-refractivity contribution is 7.98. The lowest BCUT2D eigenvalue weighted by Crippen LogP contribution is -2.32. The average molecular weight is 453 g/mol. The van der Waals surface area contributed by atoms with Crippen LogP contribution in [0.25, 0.3) is 0 Å². The summed E-state index contributed by atoms with van der Waals surface area (Å²) in [6, 6.07) is 14.6. The van der Waals surface area contributed by atoms with E-state index in [1.807, 2.05) is 19.2 Å². The summed E-state index contributed by atoms with van der Waals surface area (Å²) >= 11 is 1.76. The van der Waals surface area contributed by atoms with Crippen molar-refractivity contribution in [2.45, 2.75) is 62.3 Å². The first-order valence-electron chi connectivity index (χ1n) is 11.8. The lowest BCUT2D eigenvalue weighted by atomic mass is 10.1. The fourth-order valence-electron chi connectivity index (χ4n) is 3.88. The summed E-state index contributed by atoms with van der Waals surface area (Å²) in [5.41, 5.74) is 4.36. The molecule has 0 aromatic heterocycles. The monoisotopic (exact) mass is 452 g/mol. The van der Waals surface area contributed by atoms with Crippen molar-refractivity contribution in [3.05, 3.63) is 64.7 Å². The van der Waals surface area contributed by atoms with E-state index in [4.69, 9.17) is 0 Å². The van der Waals surface area contributed by atoms with Crippen LogP contribution in [0.1, 0.15) is 59.7 Å². The molecule has 32 heavy (non-hydrogen) atoms. The molecule has 0 spiro atoms. The molecule has 0 radical (unpaired) electrons. The van der Waals surface area contributed by atoms with Crippen LogP contribution in [0, 0.1) is 5.92 Å². The summed E-state index contributed by atoms with van der Waals surface area (Å²) in [5, 5.41) is 3.55. The molecule has 0 bridgehead atoms. The summed E-state index contributed by atoms with van der Waals surface area (Å²) in [7, 11) is 1.96. The Hall–Kier alpha value is -1.95. The number of benzene rings is 2. The number of carbonyl (C=O) groups is 2. The van der Waals surface area contributed by atoms with Gasteiger partial charge in [0.05, 0.1) is 6.04 Å². The Morgan fingerprint density at radius 1 is 1.12 bits per heavy atom. The highest BCUT2D eigenvalue weighted by Gasteiger charge is 2.20. The van der Waals surface area contributed by atoms with Crippen molar-refractivity contribution >= 4 is 24.3 Å². The van der Waals surface area contributed by atoms with Gasteiger partial charge in [-0.2, -0.15) is 0 Å². The van der Waals surface area contributed by atoms with Crippen molar-refractivity contribution in [3.8, 4) is 0 Å². The number of likely N-dealkylation sites (N-methyl/N-ethyl adjacent to an activating group) is 1. The molecule has 1 aliphatic carbocycles. The molecule has 1 N–H and O–H groups in total. The minimum absolute atomic E-state index is 0.121. The second-order valence-corrected chi connectivity index (χ2v) is 9.87. The fourth-order valence-corrected chi connectivity index (χ4v) is 4.92. The minimum Gasteiger partial charge on any atom is -0.316 e. The van der Waals surface area contributed by atoms with Gasteiger partial charge in [0, 0.05) is 22.8 Å². The molecule has 3 rings (SSSR count). The first-order chi connectivity index (χ1) is 15.6. The van der Waals surface area contributed by atoms with Crippen molar-refractivity contribution in [2.24, 2.45) is 5.92 Å². The van der Waals surface area contributed by atoms with Gasteiger partial charge in [-0.25, -0.2) is 0 Å². The highest BCUT2D eigenvalue weighted by atomic mass is 32.2. The Bertz CT molecular complexity index is 864. The van der Waals surface area contributed by atoms with E-state index < -0.39 is 0 Å². The van der Waals surface area contributed by atoms with Gasteiger partial charge < -0.3 is 10.1 Å². The van der Waals surface area contributed by atoms with Gasteiger partial charge in [0.25, 0.3) is 0 Å². The van der Waals surface area contributed by atoms with Crippen LogP contribution in [-0.2, 0) is 23.5 Å². The molecule has 0 saturated heterocycles. The number of hydrogen-bond acceptors (Lipinski definition) is 5. The van der Waals surface area contributed by atoms with E-state index in [1.54, 1.807) is 11.8 Å². The number of rotatable bonds is 15. The van der Waals surface area contributed by atoms with Gasteiger partial charge in [0.1, 0.15) is 12.6 Å². The Kier molecular flexibility index (Phi) is 9.97. The van der Waals surface area contributed by atoms with Crippen molar-refractivity contribution in [2.75, 3.05) is 20.1 Å². The van der Waals surface area contributed by atoms with Gasteiger partial charge in [-0.15, -0.1) is 11.8 Å². The number of nitrogens with zero attached hydrogens (tertiary/aromatic N) is 1. The number of aldehydes is 2.